The highest BCUT2D eigenvalue weighted by atomic mass is 32.2. The number of benzene rings is 1. The molecule has 0 aliphatic heterocycles. The summed E-state index contributed by atoms with van der Waals surface area (Å²) in [4.78, 5) is 0.189. The van der Waals surface area contributed by atoms with Crippen molar-refractivity contribution in [3.63, 3.8) is 0 Å². The molecule has 0 aliphatic rings. The van der Waals surface area contributed by atoms with Crippen molar-refractivity contribution in [2.45, 2.75) is 39.5 Å². The maximum atomic E-state index is 12.8. The minimum atomic E-state index is -3.80. The lowest BCUT2D eigenvalue weighted by Gasteiger charge is -2.30. The quantitative estimate of drug-likeness (QED) is 0.552. The van der Waals surface area contributed by atoms with Crippen LogP contribution in [0.2, 0.25) is 0 Å². The molecule has 0 fully saturated rings. The third kappa shape index (κ3) is 5.37. The summed E-state index contributed by atoms with van der Waals surface area (Å²) < 4.78 is 41.5. The lowest BCUT2D eigenvalue weighted by Crippen LogP contribution is -2.03. The molecule has 1 rings (SSSR count). The van der Waals surface area contributed by atoms with Gasteiger partial charge in [0.05, 0.1) is 18.1 Å². The highest BCUT2D eigenvalue weighted by Gasteiger charge is 2.33. The molecule has 0 saturated heterocycles. The average molecular weight is 379 g/mol. The lowest BCUT2D eigenvalue weighted by atomic mass is 10.2. The molecule has 0 radical (unpaired) electrons. The third-order valence-electron chi connectivity index (χ3n) is 3.21. The van der Waals surface area contributed by atoms with Crippen molar-refractivity contribution in [3.05, 3.63) is 29.8 Å². The molecule has 0 bridgehead atoms. The summed E-state index contributed by atoms with van der Waals surface area (Å²) in [6, 6.07) is 6.71. The predicted molar refractivity (Wildman–Crippen MR) is 99.0 cm³/mol. The van der Waals surface area contributed by atoms with Crippen molar-refractivity contribution >= 4 is 24.8 Å². The highest BCUT2D eigenvalue weighted by Crippen LogP contribution is 2.79. The third-order valence-corrected chi connectivity index (χ3v) is 14.3. The monoisotopic (exact) mass is 379 g/mol. The van der Waals surface area contributed by atoms with Crippen molar-refractivity contribution in [1.29, 1.82) is 0 Å². The van der Waals surface area contributed by atoms with Crippen LogP contribution >= 0.6 is 14.8 Å². The Morgan fingerprint density at radius 1 is 1.00 bits per heavy atom. The first-order chi connectivity index (χ1) is 10.8. The molecule has 1 aromatic rings. The van der Waals surface area contributed by atoms with Gasteiger partial charge in [0, 0.05) is 0 Å². The van der Waals surface area contributed by atoms with Gasteiger partial charge >= 0.3 is 0 Å². The maximum Gasteiger partial charge on any atom is 0.285 e. The molecule has 5 nitrogen and oxygen atoms in total. The Labute approximate surface area is 141 Å². The molecule has 0 aromatic heterocycles. The van der Waals surface area contributed by atoms with E-state index < -0.39 is 24.8 Å². The molecule has 0 N–H and O–H groups in total. The maximum absolute atomic E-state index is 12.8. The summed E-state index contributed by atoms with van der Waals surface area (Å²) in [5, 5.41) is 0. The Balaban J connectivity index is 3.49. The van der Waals surface area contributed by atoms with Crippen molar-refractivity contribution in [3.8, 4) is 0 Å². The first-order valence-electron chi connectivity index (χ1n) is 7.84. The van der Waals surface area contributed by atoms with Crippen molar-refractivity contribution < 1.29 is 17.5 Å². The van der Waals surface area contributed by atoms with Crippen LogP contribution in [0.3, 0.4) is 0 Å². The van der Waals surface area contributed by atoms with Gasteiger partial charge in [-0.05, 0) is 52.8 Å². The van der Waals surface area contributed by atoms with Gasteiger partial charge in [-0.25, -0.2) is 0 Å². The molecule has 0 amide bonds. The minimum Gasteiger partial charge on any atom is -0.320 e. The van der Waals surface area contributed by atoms with Crippen LogP contribution in [-0.4, -0.2) is 34.0 Å². The van der Waals surface area contributed by atoms with E-state index in [4.69, 9.17) is 9.05 Å². The van der Waals surface area contributed by atoms with Gasteiger partial charge in [-0.15, -0.1) is 4.15 Å². The number of aryl methyl sites for hydroxylation is 1. The Bertz CT molecular complexity index is 630. The predicted octanol–water partition coefficient (Wildman–Crippen LogP) is 5.22. The molecule has 132 valence electrons. The van der Waals surface area contributed by atoms with Gasteiger partial charge in [-0.3, -0.25) is 0 Å². The molecule has 8 heteroatoms. The van der Waals surface area contributed by atoms with Crippen LogP contribution in [0.5, 0.6) is 0 Å². The molecule has 0 unspecified atom stereocenters. The smallest absolute Gasteiger partial charge is 0.285 e. The van der Waals surface area contributed by atoms with Gasteiger partial charge in [0.2, 0.25) is 7.20 Å². The van der Waals surface area contributed by atoms with E-state index in [-0.39, 0.29) is 4.90 Å². The Kier molecular flexibility index (Phi) is 8.40. The fourth-order valence-electron chi connectivity index (χ4n) is 2.11. The number of sulfonamides is 1. The molecule has 23 heavy (non-hydrogen) atoms. The largest absolute Gasteiger partial charge is 0.320 e. The fraction of sp³-hybridized carbons (Fsp3) is 0.600. The van der Waals surface area contributed by atoms with Gasteiger partial charge in [-0.2, -0.15) is 8.42 Å². The molecule has 0 spiro atoms. The first kappa shape index (κ1) is 20.8. The fourth-order valence-corrected chi connectivity index (χ4v) is 12.7. The zero-order valence-corrected chi connectivity index (χ0v) is 17.1. The van der Waals surface area contributed by atoms with Gasteiger partial charge < -0.3 is 9.05 Å². The first-order valence-corrected chi connectivity index (χ1v) is 13.3. The standard InChI is InChI=1S/C15H27NO4P2S/c1-6-19-22(20-7-2,21(8-3)9-4)16-23(17,18)15-12-10-14(5)11-13-15/h10-13H,6-9H2,1-5H3. The number of hydrogen-bond donors (Lipinski definition) is 0. The molecule has 0 atom stereocenters. The van der Waals surface area contributed by atoms with Crippen LogP contribution in [0.25, 0.3) is 0 Å². The summed E-state index contributed by atoms with van der Waals surface area (Å²) in [6.45, 7) is 10.5. The van der Waals surface area contributed by atoms with Crippen LogP contribution in [0.1, 0.15) is 33.3 Å². The van der Waals surface area contributed by atoms with E-state index in [1.807, 2.05) is 34.6 Å². The van der Waals surface area contributed by atoms with E-state index in [9.17, 15) is 8.42 Å². The van der Waals surface area contributed by atoms with Gasteiger partial charge in [0.1, 0.15) is 0 Å². The summed E-state index contributed by atoms with van der Waals surface area (Å²) >= 11 is 0. The Morgan fingerprint density at radius 2 is 1.48 bits per heavy atom. The van der Waals surface area contributed by atoms with Crippen molar-refractivity contribution in [1.82, 2.24) is 0 Å². The molecular formula is C15H27NO4P2S. The second kappa shape index (κ2) is 9.29. The van der Waals surface area contributed by atoms with Crippen molar-refractivity contribution in [2.24, 2.45) is 4.15 Å². The van der Waals surface area contributed by atoms with E-state index in [1.165, 1.54) is 0 Å². The normalized spacial score (nSPS) is 12.6. The minimum absolute atomic E-state index is 0.189. The van der Waals surface area contributed by atoms with Crippen molar-refractivity contribution in [2.75, 3.05) is 25.5 Å². The number of hydrogen-bond acceptors (Lipinski definition) is 4. The average Bonchev–Trinajstić information content (AvgIpc) is 2.49. The van der Waals surface area contributed by atoms with Gasteiger partial charge in [0.15, 0.2) is 0 Å². The molecular weight excluding hydrogens is 352 g/mol. The zero-order chi connectivity index (χ0) is 17.5. The summed E-state index contributed by atoms with van der Waals surface area (Å²) in [6.07, 6.45) is 1.65. The van der Waals surface area contributed by atoms with Gasteiger partial charge in [-0.1, -0.05) is 31.5 Å². The molecule has 0 aliphatic carbocycles. The molecule has 0 saturated carbocycles. The Morgan fingerprint density at radius 3 is 1.87 bits per heavy atom. The SMILES string of the molecule is CCOP(=NS(=O)(=O)c1ccc(C)cc1)(OCC)P(CC)CC. The second-order valence-corrected chi connectivity index (χ2v) is 13.9. The van der Waals surface area contributed by atoms with Crippen LogP contribution < -0.4 is 0 Å². The van der Waals surface area contributed by atoms with Crippen LogP contribution in [0.15, 0.2) is 33.3 Å². The Hall–Kier alpha value is -0.250. The lowest BCUT2D eigenvalue weighted by molar-refractivity contribution is 0.272. The van der Waals surface area contributed by atoms with E-state index in [1.54, 1.807) is 24.3 Å². The van der Waals surface area contributed by atoms with Crippen LogP contribution in [0.4, 0.5) is 0 Å². The highest BCUT2D eigenvalue weighted by molar-refractivity contribution is 8.31. The van der Waals surface area contributed by atoms with E-state index in [2.05, 4.69) is 4.15 Å². The molecule has 0 heterocycles. The number of nitrogens with zero attached hydrogens (tertiary/aromatic N) is 1. The van der Waals surface area contributed by atoms with Crippen LogP contribution in [-0.2, 0) is 19.1 Å². The van der Waals surface area contributed by atoms with E-state index in [0.717, 1.165) is 17.9 Å². The summed E-state index contributed by atoms with van der Waals surface area (Å²) in [7, 11) is -7.36. The number of rotatable bonds is 9. The second-order valence-electron chi connectivity index (χ2n) is 4.83. The van der Waals surface area contributed by atoms with E-state index in [0.29, 0.717) is 13.2 Å². The molecule has 1 aromatic carbocycles. The summed E-state index contributed by atoms with van der Waals surface area (Å²) in [5.41, 5.74) is 1.00. The van der Waals surface area contributed by atoms with Crippen LogP contribution in [0, 0.1) is 6.92 Å². The summed E-state index contributed by atoms with van der Waals surface area (Å²) in [5.74, 6) is 0. The van der Waals surface area contributed by atoms with E-state index >= 15 is 0 Å². The topological polar surface area (TPSA) is 65.0 Å². The zero-order valence-electron chi connectivity index (χ0n) is 14.5. The van der Waals surface area contributed by atoms with Gasteiger partial charge in [0.25, 0.3) is 10.0 Å².